The number of aromatic nitrogens is 1. The number of ether oxygens (including phenoxy) is 1. The Kier molecular flexibility index (Phi) is 3.48. The molecule has 0 unspecified atom stereocenters. The fourth-order valence-corrected chi connectivity index (χ4v) is 1.42. The van der Waals surface area contributed by atoms with Crippen molar-refractivity contribution >= 4 is 0 Å². The van der Waals surface area contributed by atoms with Crippen LogP contribution in [-0.2, 0) is 6.18 Å². The van der Waals surface area contributed by atoms with Gasteiger partial charge in [-0.3, -0.25) is 0 Å². The summed E-state index contributed by atoms with van der Waals surface area (Å²) in [6.45, 7) is 0. The van der Waals surface area contributed by atoms with E-state index in [1.165, 1.54) is 24.3 Å². The molecule has 1 aromatic heterocycles. The Morgan fingerprint density at radius 3 is 2.55 bits per heavy atom. The summed E-state index contributed by atoms with van der Waals surface area (Å²) < 4.78 is 42.8. The first-order chi connectivity index (χ1) is 9.40. The number of pyridine rings is 1. The summed E-state index contributed by atoms with van der Waals surface area (Å²) in [7, 11) is 0. The molecule has 0 saturated heterocycles. The lowest BCUT2D eigenvalue weighted by Gasteiger charge is -2.10. The number of nitrogens with zero attached hydrogens (tertiary/aromatic N) is 2. The zero-order chi connectivity index (χ0) is 14.8. The highest BCUT2D eigenvalue weighted by Crippen LogP contribution is 2.32. The Morgan fingerprint density at radius 1 is 1.20 bits per heavy atom. The molecule has 20 heavy (non-hydrogen) atoms. The zero-order valence-electron chi connectivity index (χ0n) is 9.85. The van der Waals surface area contributed by atoms with Crippen LogP contribution in [0.15, 0.2) is 36.4 Å². The van der Waals surface area contributed by atoms with Crippen molar-refractivity contribution in [2.75, 3.05) is 0 Å². The fraction of sp³-hybridized carbons (Fsp3) is 0.0769. The van der Waals surface area contributed by atoms with Gasteiger partial charge in [-0.2, -0.15) is 18.4 Å². The van der Waals surface area contributed by atoms with Gasteiger partial charge >= 0.3 is 6.18 Å². The molecule has 0 radical (unpaired) electrons. The van der Waals surface area contributed by atoms with Crippen LogP contribution >= 0.6 is 0 Å². The van der Waals surface area contributed by atoms with Crippen molar-refractivity contribution in [2.45, 2.75) is 6.18 Å². The van der Waals surface area contributed by atoms with E-state index in [1.54, 1.807) is 6.07 Å². The molecule has 0 amide bonds. The van der Waals surface area contributed by atoms with E-state index in [-0.39, 0.29) is 17.1 Å². The molecule has 1 heterocycles. The Bertz CT molecular complexity index is 678. The first-order valence-corrected chi connectivity index (χ1v) is 5.35. The third kappa shape index (κ3) is 2.98. The van der Waals surface area contributed by atoms with Gasteiger partial charge in [-0.25, -0.2) is 4.98 Å². The molecule has 0 spiro atoms. The first-order valence-electron chi connectivity index (χ1n) is 5.35. The number of hydrogen-bond donors (Lipinski definition) is 1. The van der Waals surface area contributed by atoms with Crippen LogP contribution in [0.1, 0.15) is 11.3 Å². The molecule has 102 valence electrons. The molecule has 0 aliphatic carbocycles. The average Bonchev–Trinajstić information content (AvgIpc) is 2.37. The van der Waals surface area contributed by atoms with Gasteiger partial charge in [0.05, 0.1) is 0 Å². The number of rotatable bonds is 2. The summed E-state index contributed by atoms with van der Waals surface area (Å²) in [5.41, 5.74) is -1.30. The van der Waals surface area contributed by atoms with Crippen LogP contribution in [0.2, 0.25) is 0 Å². The standard InChI is InChI=1S/C13H7F3N2O2/c14-13(15,16)11-5-4-8(7-17)12(18-11)20-10-3-1-2-9(19)6-10/h1-6,19H. The van der Waals surface area contributed by atoms with E-state index in [0.29, 0.717) is 6.07 Å². The molecule has 2 aromatic rings. The minimum atomic E-state index is -4.63. The smallest absolute Gasteiger partial charge is 0.433 e. The third-order valence-corrected chi connectivity index (χ3v) is 2.30. The summed E-state index contributed by atoms with van der Waals surface area (Å²) >= 11 is 0. The van der Waals surface area contributed by atoms with E-state index in [2.05, 4.69) is 4.98 Å². The summed E-state index contributed by atoms with van der Waals surface area (Å²) in [6, 6.07) is 8.81. The van der Waals surface area contributed by atoms with Crippen LogP contribution in [0, 0.1) is 11.3 Å². The third-order valence-electron chi connectivity index (χ3n) is 2.30. The summed E-state index contributed by atoms with van der Waals surface area (Å²) in [4.78, 5) is 3.29. The predicted molar refractivity (Wildman–Crippen MR) is 62.1 cm³/mol. The molecule has 0 bridgehead atoms. The lowest BCUT2D eigenvalue weighted by molar-refractivity contribution is -0.141. The molecular weight excluding hydrogens is 273 g/mol. The zero-order valence-corrected chi connectivity index (χ0v) is 9.85. The number of phenolic OH excluding ortho intramolecular Hbond substituents is 1. The van der Waals surface area contributed by atoms with Crippen molar-refractivity contribution in [3.63, 3.8) is 0 Å². The van der Waals surface area contributed by atoms with Gasteiger partial charge in [-0.1, -0.05) is 6.07 Å². The molecule has 4 nitrogen and oxygen atoms in total. The molecule has 0 atom stereocenters. The Morgan fingerprint density at radius 2 is 1.95 bits per heavy atom. The number of hydrogen-bond acceptors (Lipinski definition) is 4. The van der Waals surface area contributed by atoms with Crippen molar-refractivity contribution in [3.8, 4) is 23.4 Å². The number of benzene rings is 1. The van der Waals surface area contributed by atoms with Crippen molar-refractivity contribution in [3.05, 3.63) is 47.7 Å². The topological polar surface area (TPSA) is 66.1 Å². The highest BCUT2D eigenvalue weighted by Gasteiger charge is 2.33. The molecule has 1 N–H and O–H groups in total. The van der Waals surface area contributed by atoms with Crippen molar-refractivity contribution in [2.24, 2.45) is 0 Å². The van der Waals surface area contributed by atoms with E-state index in [9.17, 15) is 18.3 Å². The van der Waals surface area contributed by atoms with E-state index in [0.717, 1.165) is 6.07 Å². The van der Waals surface area contributed by atoms with Gasteiger partial charge in [0.1, 0.15) is 28.8 Å². The number of nitriles is 1. The Balaban J connectivity index is 2.42. The second-order valence-corrected chi connectivity index (χ2v) is 3.76. The highest BCUT2D eigenvalue weighted by atomic mass is 19.4. The maximum atomic E-state index is 12.6. The van der Waals surface area contributed by atoms with Crippen LogP contribution in [0.3, 0.4) is 0 Å². The van der Waals surface area contributed by atoms with Crippen LogP contribution in [0.5, 0.6) is 17.4 Å². The summed E-state index contributed by atoms with van der Waals surface area (Å²) in [5, 5.41) is 18.1. The summed E-state index contributed by atoms with van der Waals surface area (Å²) in [5.74, 6) is -0.505. The second kappa shape index (κ2) is 5.09. The summed E-state index contributed by atoms with van der Waals surface area (Å²) in [6.07, 6.45) is -4.63. The Hall–Kier alpha value is -2.75. The molecule has 2 rings (SSSR count). The quantitative estimate of drug-likeness (QED) is 0.914. The highest BCUT2D eigenvalue weighted by molar-refractivity contribution is 5.42. The molecule has 0 aliphatic heterocycles. The number of halogens is 3. The Labute approximate surface area is 111 Å². The van der Waals surface area contributed by atoms with Gasteiger partial charge in [0.25, 0.3) is 0 Å². The monoisotopic (exact) mass is 280 g/mol. The van der Waals surface area contributed by atoms with Crippen molar-refractivity contribution in [1.29, 1.82) is 5.26 Å². The average molecular weight is 280 g/mol. The normalized spacial score (nSPS) is 10.9. The minimum Gasteiger partial charge on any atom is -0.508 e. The number of phenols is 1. The number of aromatic hydroxyl groups is 1. The maximum Gasteiger partial charge on any atom is 0.433 e. The predicted octanol–water partition coefficient (Wildman–Crippen LogP) is 3.47. The lowest BCUT2D eigenvalue weighted by atomic mass is 10.2. The van der Waals surface area contributed by atoms with Gasteiger partial charge in [0, 0.05) is 6.07 Å². The van der Waals surface area contributed by atoms with Crippen molar-refractivity contribution in [1.82, 2.24) is 4.98 Å². The van der Waals surface area contributed by atoms with Crippen LogP contribution in [0.25, 0.3) is 0 Å². The minimum absolute atomic E-state index is 0.0772. The molecule has 1 aromatic carbocycles. The number of alkyl halides is 3. The van der Waals surface area contributed by atoms with Gasteiger partial charge in [0.15, 0.2) is 0 Å². The van der Waals surface area contributed by atoms with E-state index >= 15 is 0 Å². The van der Waals surface area contributed by atoms with Crippen molar-refractivity contribution < 1.29 is 23.0 Å². The maximum absolute atomic E-state index is 12.6. The van der Waals surface area contributed by atoms with E-state index in [4.69, 9.17) is 10.00 Å². The van der Waals surface area contributed by atoms with E-state index < -0.39 is 17.8 Å². The van der Waals surface area contributed by atoms with Gasteiger partial charge in [-0.15, -0.1) is 0 Å². The van der Waals surface area contributed by atoms with E-state index in [1.807, 2.05) is 0 Å². The van der Waals surface area contributed by atoms with Gasteiger partial charge in [-0.05, 0) is 24.3 Å². The van der Waals surface area contributed by atoms with Crippen LogP contribution < -0.4 is 4.74 Å². The van der Waals surface area contributed by atoms with Gasteiger partial charge < -0.3 is 9.84 Å². The first kappa shape index (κ1) is 13.7. The molecule has 0 fully saturated rings. The molecule has 7 heteroatoms. The SMILES string of the molecule is N#Cc1ccc(C(F)(F)F)nc1Oc1cccc(O)c1. The largest absolute Gasteiger partial charge is 0.508 e. The molecular formula is C13H7F3N2O2. The second-order valence-electron chi connectivity index (χ2n) is 3.76. The molecule has 0 aliphatic rings. The van der Waals surface area contributed by atoms with Crippen LogP contribution in [-0.4, -0.2) is 10.1 Å². The molecule has 0 saturated carbocycles. The van der Waals surface area contributed by atoms with Gasteiger partial charge in [0.2, 0.25) is 5.88 Å². The fourth-order valence-electron chi connectivity index (χ4n) is 1.42. The lowest BCUT2D eigenvalue weighted by Crippen LogP contribution is -2.09. The van der Waals surface area contributed by atoms with Crippen LogP contribution in [0.4, 0.5) is 13.2 Å².